The van der Waals surface area contributed by atoms with Gasteiger partial charge < -0.3 is 10.1 Å². The van der Waals surface area contributed by atoms with Crippen molar-refractivity contribution in [1.82, 2.24) is 15.3 Å². The lowest BCUT2D eigenvalue weighted by Crippen LogP contribution is -2.29. The molecule has 2 aromatic rings. The molecule has 0 aliphatic carbocycles. The summed E-state index contributed by atoms with van der Waals surface area (Å²) in [5.74, 6) is 1.21. The molecular weight excluding hydrogens is 296 g/mol. The Labute approximate surface area is 134 Å². The maximum atomic E-state index is 10.7. The lowest BCUT2D eigenvalue weighted by molar-refractivity contribution is -0.384. The summed E-state index contributed by atoms with van der Waals surface area (Å²) in [6.45, 7) is 2.86. The second-order valence-corrected chi connectivity index (χ2v) is 5.84. The summed E-state index contributed by atoms with van der Waals surface area (Å²) in [5.41, 5.74) is 1.12. The summed E-state index contributed by atoms with van der Waals surface area (Å²) < 4.78 is 5.65. The van der Waals surface area contributed by atoms with Gasteiger partial charge in [-0.2, -0.15) is 0 Å². The molecule has 1 N–H and O–H groups in total. The molecule has 1 saturated heterocycles. The molecule has 122 valence electrons. The number of ether oxygens (including phenoxy) is 1. The van der Waals surface area contributed by atoms with Gasteiger partial charge in [0, 0.05) is 12.1 Å². The predicted molar refractivity (Wildman–Crippen MR) is 86.5 cm³/mol. The number of rotatable bonds is 6. The molecule has 0 spiro atoms. The van der Waals surface area contributed by atoms with Gasteiger partial charge in [0.1, 0.15) is 0 Å². The topological polar surface area (TPSA) is 90.2 Å². The summed E-state index contributed by atoms with van der Waals surface area (Å²) in [6.07, 6.45) is 6.22. The summed E-state index contributed by atoms with van der Waals surface area (Å²) in [4.78, 5) is 18.8. The van der Waals surface area contributed by atoms with Crippen molar-refractivity contribution in [2.45, 2.75) is 25.7 Å². The van der Waals surface area contributed by atoms with Crippen molar-refractivity contribution in [2.24, 2.45) is 5.92 Å². The molecule has 1 unspecified atom stereocenters. The lowest BCUT2D eigenvalue weighted by Gasteiger charge is -2.22. The minimum absolute atomic E-state index is 0.0153. The van der Waals surface area contributed by atoms with Crippen LogP contribution in [-0.2, 0) is 0 Å². The maximum Gasteiger partial charge on any atom is 0.271 e. The van der Waals surface area contributed by atoms with E-state index in [2.05, 4.69) is 15.3 Å². The Bertz CT molecular complexity index is 686. The van der Waals surface area contributed by atoms with Crippen LogP contribution in [0, 0.1) is 16.0 Å². The minimum Gasteiger partial charge on any atom is -0.477 e. The zero-order valence-corrected chi connectivity index (χ0v) is 12.9. The predicted octanol–water partition coefficient (Wildman–Crippen LogP) is 2.70. The fourth-order valence-corrected chi connectivity index (χ4v) is 2.88. The Hall–Kier alpha value is -2.28. The Kier molecular flexibility index (Phi) is 4.97. The van der Waals surface area contributed by atoms with E-state index in [0.29, 0.717) is 23.5 Å². The van der Waals surface area contributed by atoms with Gasteiger partial charge in [0.15, 0.2) is 0 Å². The molecule has 1 atom stereocenters. The smallest absolute Gasteiger partial charge is 0.271 e. The minimum atomic E-state index is -0.439. The van der Waals surface area contributed by atoms with E-state index in [-0.39, 0.29) is 5.69 Å². The van der Waals surface area contributed by atoms with E-state index in [1.165, 1.54) is 31.2 Å². The highest BCUT2D eigenvalue weighted by Crippen LogP contribution is 2.20. The molecule has 7 heteroatoms. The van der Waals surface area contributed by atoms with Gasteiger partial charge in [-0.15, -0.1) is 0 Å². The van der Waals surface area contributed by atoms with Gasteiger partial charge in [0.05, 0.1) is 28.8 Å². The molecule has 3 rings (SSSR count). The SMILES string of the molecule is O=[N+]([O-])c1ccc2nc(OCCCC3CCCNC3)cnc2c1. The van der Waals surface area contributed by atoms with Crippen LogP contribution in [-0.4, -0.2) is 34.6 Å². The number of piperidine rings is 1. The number of hydrogen-bond acceptors (Lipinski definition) is 6. The first kappa shape index (κ1) is 15.6. The first-order chi connectivity index (χ1) is 11.2. The standard InChI is InChI=1S/C16H20N4O3/c21-20(22)13-5-6-14-15(9-13)18-11-16(19-14)23-8-2-4-12-3-1-7-17-10-12/h5-6,9,11-12,17H,1-4,7-8,10H2. The van der Waals surface area contributed by atoms with E-state index >= 15 is 0 Å². The van der Waals surface area contributed by atoms with Gasteiger partial charge in [-0.3, -0.25) is 10.1 Å². The summed E-state index contributed by atoms with van der Waals surface area (Å²) in [7, 11) is 0. The first-order valence-electron chi connectivity index (χ1n) is 7.97. The van der Waals surface area contributed by atoms with E-state index in [1.807, 2.05) is 0 Å². The number of nitro groups is 1. The fraction of sp³-hybridized carbons (Fsp3) is 0.500. The number of fused-ring (bicyclic) bond motifs is 1. The number of non-ortho nitro benzene ring substituents is 1. The molecule has 1 aliphatic heterocycles. The molecule has 0 bridgehead atoms. The van der Waals surface area contributed by atoms with Crippen LogP contribution in [0.5, 0.6) is 5.88 Å². The van der Waals surface area contributed by atoms with E-state index in [0.717, 1.165) is 31.8 Å². The van der Waals surface area contributed by atoms with Crippen molar-refractivity contribution in [3.8, 4) is 5.88 Å². The number of nitrogens with zero attached hydrogens (tertiary/aromatic N) is 3. The van der Waals surface area contributed by atoms with Crippen LogP contribution in [0.25, 0.3) is 11.0 Å². The van der Waals surface area contributed by atoms with Gasteiger partial charge in [-0.05, 0) is 50.8 Å². The molecule has 7 nitrogen and oxygen atoms in total. The van der Waals surface area contributed by atoms with E-state index in [4.69, 9.17) is 4.74 Å². The van der Waals surface area contributed by atoms with Crippen molar-refractivity contribution in [1.29, 1.82) is 0 Å². The molecule has 0 radical (unpaired) electrons. The van der Waals surface area contributed by atoms with Gasteiger partial charge in [-0.25, -0.2) is 9.97 Å². The highest BCUT2D eigenvalue weighted by atomic mass is 16.6. The van der Waals surface area contributed by atoms with Crippen LogP contribution in [0.2, 0.25) is 0 Å². The number of nitro benzene ring substituents is 1. The van der Waals surface area contributed by atoms with Gasteiger partial charge in [0.2, 0.25) is 5.88 Å². The molecule has 1 aromatic heterocycles. The van der Waals surface area contributed by atoms with E-state index < -0.39 is 4.92 Å². The average Bonchev–Trinajstić information content (AvgIpc) is 2.59. The maximum absolute atomic E-state index is 10.7. The third kappa shape index (κ3) is 4.13. The Balaban J connectivity index is 1.53. The second kappa shape index (κ2) is 7.32. The number of aromatic nitrogens is 2. The molecule has 1 fully saturated rings. The van der Waals surface area contributed by atoms with Gasteiger partial charge >= 0.3 is 0 Å². The summed E-state index contributed by atoms with van der Waals surface area (Å²) in [5, 5.41) is 14.2. The van der Waals surface area contributed by atoms with Crippen molar-refractivity contribution >= 4 is 16.7 Å². The van der Waals surface area contributed by atoms with Crippen LogP contribution in [0.15, 0.2) is 24.4 Å². The van der Waals surface area contributed by atoms with Crippen molar-refractivity contribution in [3.63, 3.8) is 0 Å². The van der Waals surface area contributed by atoms with Crippen LogP contribution in [0.4, 0.5) is 5.69 Å². The van der Waals surface area contributed by atoms with Crippen LogP contribution in [0.1, 0.15) is 25.7 Å². The number of hydrogen-bond donors (Lipinski definition) is 1. The van der Waals surface area contributed by atoms with Crippen molar-refractivity contribution in [3.05, 3.63) is 34.5 Å². The highest BCUT2D eigenvalue weighted by Gasteiger charge is 2.12. The van der Waals surface area contributed by atoms with Gasteiger partial charge in [-0.1, -0.05) is 0 Å². The third-order valence-corrected chi connectivity index (χ3v) is 4.12. The van der Waals surface area contributed by atoms with Crippen LogP contribution < -0.4 is 10.1 Å². The first-order valence-corrected chi connectivity index (χ1v) is 7.97. The summed E-state index contributed by atoms with van der Waals surface area (Å²) in [6, 6.07) is 4.44. The molecule has 2 heterocycles. The Morgan fingerprint density at radius 3 is 3.09 bits per heavy atom. The normalized spacial score (nSPS) is 18.0. The Morgan fingerprint density at radius 2 is 2.30 bits per heavy atom. The van der Waals surface area contributed by atoms with E-state index in [9.17, 15) is 10.1 Å². The monoisotopic (exact) mass is 316 g/mol. The summed E-state index contributed by atoms with van der Waals surface area (Å²) >= 11 is 0. The Morgan fingerprint density at radius 1 is 1.39 bits per heavy atom. The quantitative estimate of drug-likeness (QED) is 0.500. The third-order valence-electron chi connectivity index (χ3n) is 4.12. The average molecular weight is 316 g/mol. The van der Waals surface area contributed by atoms with Crippen molar-refractivity contribution in [2.75, 3.05) is 19.7 Å². The molecule has 0 saturated carbocycles. The van der Waals surface area contributed by atoms with E-state index in [1.54, 1.807) is 6.07 Å². The molecular formula is C16H20N4O3. The number of nitrogens with one attached hydrogen (secondary N) is 1. The lowest BCUT2D eigenvalue weighted by atomic mass is 9.95. The van der Waals surface area contributed by atoms with Crippen molar-refractivity contribution < 1.29 is 9.66 Å². The number of benzene rings is 1. The zero-order valence-electron chi connectivity index (χ0n) is 12.9. The van der Waals surface area contributed by atoms with Crippen LogP contribution >= 0.6 is 0 Å². The molecule has 1 aromatic carbocycles. The van der Waals surface area contributed by atoms with Gasteiger partial charge in [0.25, 0.3) is 5.69 Å². The molecule has 1 aliphatic rings. The molecule has 23 heavy (non-hydrogen) atoms. The second-order valence-electron chi connectivity index (χ2n) is 5.84. The molecule has 0 amide bonds. The van der Waals surface area contributed by atoms with Crippen LogP contribution in [0.3, 0.4) is 0 Å². The fourth-order valence-electron chi connectivity index (χ4n) is 2.88. The largest absolute Gasteiger partial charge is 0.477 e. The highest BCUT2D eigenvalue weighted by molar-refractivity contribution is 5.77. The zero-order chi connectivity index (χ0) is 16.1.